The lowest BCUT2D eigenvalue weighted by Gasteiger charge is -2.63. The van der Waals surface area contributed by atoms with Crippen LogP contribution in [0.5, 0.6) is 0 Å². The first-order valence-corrected chi connectivity index (χ1v) is 12.1. The second kappa shape index (κ2) is 6.54. The van der Waals surface area contributed by atoms with Crippen molar-refractivity contribution < 1.29 is 9.59 Å². The number of carbonyl (C=O) groups is 2. The molecule has 0 spiro atoms. The van der Waals surface area contributed by atoms with E-state index in [4.69, 9.17) is 0 Å². The summed E-state index contributed by atoms with van der Waals surface area (Å²) in [6.07, 6.45) is 11.3. The van der Waals surface area contributed by atoms with Crippen LogP contribution in [-0.4, -0.2) is 11.6 Å². The molecular formula is C27H42O2. The highest BCUT2D eigenvalue weighted by atomic mass is 16.1. The molecule has 4 aliphatic rings. The van der Waals surface area contributed by atoms with Gasteiger partial charge in [0.05, 0.1) is 0 Å². The molecule has 0 aromatic carbocycles. The first-order chi connectivity index (χ1) is 13.4. The van der Waals surface area contributed by atoms with Gasteiger partial charge in [0, 0.05) is 18.3 Å². The maximum Gasteiger partial charge on any atom is 0.138 e. The zero-order chi connectivity index (χ0) is 21.4. The molecule has 7 unspecified atom stereocenters. The minimum absolute atomic E-state index is 0.190. The minimum Gasteiger partial charge on any atom is -0.300 e. The average Bonchev–Trinajstić information content (AvgIpc) is 2.90. The second-order valence-corrected chi connectivity index (χ2v) is 12.5. The Morgan fingerprint density at radius 3 is 2.45 bits per heavy atom. The Balaban J connectivity index is 1.71. The SMILES string of the molecule is CC(=O)CC(C)C1CCC2(C)C3=CCC4C(C)(C)C(=O)CCC4(C)C3CCC12C. The Bertz CT molecular complexity index is 760. The number of allylic oxidation sites excluding steroid dienone is 2. The van der Waals surface area contributed by atoms with E-state index in [-0.39, 0.29) is 16.2 Å². The standard InChI is InChI=1S/C27H42O2/c1-17(16-18(2)28)19-10-14-27(7)21-8-9-22-24(3,4)23(29)12-13-25(22,5)20(21)11-15-26(19,27)6/h8,17,19-20,22H,9-16H2,1-7H3. The fourth-order valence-corrected chi connectivity index (χ4v) is 9.06. The van der Waals surface area contributed by atoms with Crippen LogP contribution in [0.4, 0.5) is 0 Å². The van der Waals surface area contributed by atoms with Gasteiger partial charge in [0.25, 0.3) is 0 Å². The molecule has 3 saturated carbocycles. The lowest BCUT2D eigenvalue weighted by molar-refractivity contribution is -0.146. The molecule has 0 N–H and O–H groups in total. The molecule has 0 aromatic heterocycles. The number of ketones is 2. The fourth-order valence-electron chi connectivity index (χ4n) is 9.06. The van der Waals surface area contributed by atoms with Crippen molar-refractivity contribution in [3.63, 3.8) is 0 Å². The van der Waals surface area contributed by atoms with Gasteiger partial charge >= 0.3 is 0 Å². The van der Waals surface area contributed by atoms with E-state index in [1.165, 1.54) is 25.7 Å². The van der Waals surface area contributed by atoms with E-state index in [2.05, 4.69) is 47.6 Å². The van der Waals surface area contributed by atoms with Gasteiger partial charge in [-0.15, -0.1) is 0 Å². The molecule has 4 aliphatic carbocycles. The smallest absolute Gasteiger partial charge is 0.138 e. The van der Waals surface area contributed by atoms with Crippen LogP contribution >= 0.6 is 0 Å². The molecule has 3 fully saturated rings. The first-order valence-electron chi connectivity index (χ1n) is 12.1. The van der Waals surface area contributed by atoms with Gasteiger partial charge in [-0.2, -0.15) is 0 Å². The molecule has 0 aliphatic heterocycles. The largest absolute Gasteiger partial charge is 0.300 e. The van der Waals surface area contributed by atoms with Crippen molar-refractivity contribution in [2.24, 2.45) is 45.3 Å². The van der Waals surface area contributed by atoms with Crippen molar-refractivity contribution >= 4 is 11.6 Å². The molecule has 2 nitrogen and oxygen atoms in total. The quantitative estimate of drug-likeness (QED) is 0.491. The van der Waals surface area contributed by atoms with Crippen molar-refractivity contribution in [2.45, 2.75) is 99.8 Å². The highest BCUT2D eigenvalue weighted by molar-refractivity contribution is 5.85. The van der Waals surface area contributed by atoms with Crippen molar-refractivity contribution in [1.29, 1.82) is 0 Å². The van der Waals surface area contributed by atoms with Gasteiger partial charge in [-0.3, -0.25) is 4.79 Å². The first kappa shape index (κ1) is 21.3. The number of fused-ring (bicyclic) bond motifs is 5. The van der Waals surface area contributed by atoms with Crippen LogP contribution in [0.3, 0.4) is 0 Å². The maximum atomic E-state index is 12.7. The molecule has 0 radical (unpaired) electrons. The van der Waals surface area contributed by atoms with Crippen LogP contribution in [0.1, 0.15) is 99.8 Å². The van der Waals surface area contributed by atoms with Crippen LogP contribution in [-0.2, 0) is 9.59 Å². The van der Waals surface area contributed by atoms with Gasteiger partial charge in [0.2, 0.25) is 0 Å². The predicted molar refractivity (Wildman–Crippen MR) is 118 cm³/mol. The van der Waals surface area contributed by atoms with E-state index in [0.29, 0.717) is 40.7 Å². The van der Waals surface area contributed by atoms with Gasteiger partial charge in [0.1, 0.15) is 11.6 Å². The van der Waals surface area contributed by atoms with E-state index in [1.54, 1.807) is 12.5 Å². The maximum absolute atomic E-state index is 12.7. The van der Waals surface area contributed by atoms with Crippen LogP contribution in [0.25, 0.3) is 0 Å². The van der Waals surface area contributed by atoms with Crippen molar-refractivity contribution in [1.82, 2.24) is 0 Å². The highest BCUT2D eigenvalue weighted by Crippen LogP contribution is 2.73. The molecule has 0 heterocycles. The van der Waals surface area contributed by atoms with Crippen molar-refractivity contribution in [2.75, 3.05) is 0 Å². The van der Waals surface area contributed by atoms with Gasteiger partial charge in [0.15, 0.2) is 0 Å². The molecule has 0 amide bonds. The normalized spacial score (nSPS) is 46.9. The third-order valence-corrected chi connectivity index (χ3v) is 10.9. The molecule has 4 rings (SSSR count). The Morgan fingerprint density at radius 2 is 1.79 bits per heavy atom. The Morgan fingerprint density at radius 1 is 1.10 bits per heavy atom. The average molecular weight is 399 g/mol. The molecule has 0 bridgehead atoms. The predicted octanol–water partition coefficient (Wildman–Crippen LogP) is 6.78. The second-order valence-electron chi connectivity index (χ2n) is 12.5. The van der Waals surface area contributed by atoms with Gasteiger partial charge in [-0.1, -0.05) is 53.2 Å². The minimum atomic E-state index is -0.190. The summed E-state index contributed by atoms with van der Waals surface area (Å²) in [5.41, 5.74) is 2.35. The van der Waals surface area contributed by atoms with E-state index >= 15 is 0 Å². The van der Waals surface area contributed by atoms with E-state index in [9.17, 15) is 9.59 Å². The number of rotatable bonds is 3. The Labute approximate surface area is 178 Å². The van der Waals surface area contributed by atoms with Crippen molar-refractivity contribution in [3.05, 3.63) is 11.6 Å². The molecule has 162 valence electrons. The number of carbonyl (C=O) groups excluding carboxylic acids is 2. The molecule has 0 aromatic rings. The molecular weight excluding hydrogens is 356 g/mol. The number of hydrogen-bond acceptors (Lipinski definition) is 2. The van der Waals surface area contributed by atoms with Crippen molar-refractivity contribution in [3.8, 4) is 0 Å². The summed E-state index contributed by atoms with van der Waals surface area (Å²) in [6, 6.07) is 0. The van der Waals surface area contributed by atoms with Gasteiger partial charge in [-0.25, -0.2) is 0 Å². The Kier molecular flexibility index (Phi) is 4.81. The zero-order valence-electron chi connectivity index (χ0n) is 19.9. The van der Waals surface area contributed by atoms with E-state index in [0.717, 1.165) is 25.7 Å². The third-order valence-electron chi connectivity index (χ3n) is 10.9. The zero-order valence-corrected chi connectivity index (χ0v) is 19.9. The number of hydrogen-bond donors (Lipinski definition) is 0. The van der Waals surface area contributed by atoms with E-state index < -0.39 is 0 Å². The lowest BCUT2D eigenvalue weighted by Crippen LogP contribution is -2.57. The van der Waals surface area contributed by atoms with Crippen LogP contribution < -0.4 is 0 Å². The molecule has 29 heavy (non-hydrogen) atoms. The summed E-state index contributed by atoms with van der Waals surface area (Å²) in [4.78, 5) is 24.6. The summed E-state index contributed by atoms with van der Waals surface area (Å²) in [5.74, 6) is 3.05. The number of Topliss-reactive ketones (excluding diaryl/α,β-unsaturated/α-hetero) is 2. The fraction of sp³-hybridized carbons (Fsp3) is 0.852. The summed E-state index contributed by atoms with van der Waals surface area (Å²) < 4.78 is 0. The van der Waals surface area contributed by atoms with Gasteiger partial charge < -0.3 is 4.79 Å². The van der Waals surface area contributed by atoms with Crippen LogP contribution in [0, 0.1) is 45.3 Å². The summed E-state index contributed by atoms with van der Waals surface area (Å²) in [6.45, 7) is 16.1. The van der Waals surface area contributed by atoms with E-state index in [1.807, 2.05) is 0 Å². The molecule has 7 atom stereocenters. The summed E-state index contributed by atoms with van der Waals surface area (Å²) in [5, 5.41) is 0. The topological polar surface area (TPSA) is 34.1 Å². The molecule has 0 saturated heterocycles. The monoisotopic (exact) mass is 398 g/mol. The summed E-state index contributed by atoms with van der Waals surface area (Å²) in [7, 11) is 0. The van der Waals surface area contributed by atoms with Gasteiger partial charge in [-0.05, 0) is 85.4 Å². The van der Waals surface area contributed by atoms with Crippen LogP contribution in [0.2, 0.25) is 0 Å². The Hall–Kier alpha value is -0.920. The molecule has 2 heteroatoms. The third kappa shape index (κ3) is 2.72. The van der Waals surface area contributed by atoms with Crippen LogP contribution in [0.15, 0.2) is 11.6 Å². The summed E-state index contributed by atoms with van der Waals surface area (Å²) >= 11 is 0. The lowest BCUT2D eigenvalue weighted by atomic mass is 9.41. The highest BCUT2D eigenvalue weighted by Gasteiger charge is 2.65.